The molecule has 0 bridgehead atoms. The Kier molecular flexibility index (Phi) is 7.36. The summed E-state index contributed by atoms with van der Waals surface area (Å²) in [6.07, 6.45) is 0. The number of amides is 2. The SMILES string of the molecule is CCOC(=O)c1c(NC(=O)CSc2nc3sccc3c(=O)n2C)sc(C(=O)N(C)C)c1C. The maximum Gasteiger partial charge on any atom is 0.341 e. The van der Waals surface area contributed by atoms with Crippen LogP contribution in [0.15, 0.2) is 21.4 Å². The molecule has 3 aromatic heterocycles. The zero-order valence-corrected chi connectivity index (χ0v) is 20.6. The number of anilines is 1. The third-order valence-electron chi connectivity index (χ3n) is 4.48. The third-order valence-corrected chi connectivity index (χ3v) is 7.51. The number of ether oxygens (including phenoxy) is 1. The van der Waals surface area contributed by atoms with Crippen molar-refractivity contribution in [2.24, 2.45) is 7.05 Å². The van der Waals surface area contributed by atoms with Gasteiger partial charge >= 0.3 is 5.97 Å². The van der Waals surface area contributed by atoms with Crippen molar-refractivity contribution in [1.29, 1.82) is 0 Å². The molecule has 0 aliphatic rings. The number of nitrogens with one attached hydrogen (secondary N) is 1. The van der Waals surface area contributed by atoms with Crippen LogP contribution >= 0.6 is 34.4 Å². The Morgan fingerprint density at radius 1 is 1.31 bits per heavy atom. The van der Waals surface area contributed by atoms with Gasteiger partial charge in [-0.15, -0.1) is 22.7 Å². The number of thiophene rings is 2. The van der Waals surface area contributed by atoms with Gasteiger partial charge in [0.2, 0.25) is 5.91 Å². The molecule has 0 saturated carbocycles. The summed E-state index contributed by atoms with van der Waals surface area (Å²) in [6.45, 7) is 3.50. The van der Waals surface area contributed by atoms with E-state index in [2.05, 4.69) is 10.3 Å². The van der Waals surface area contributed by atoms with Gasteiger partial charge in [-0.3, -0.25) is 19.0 Å². The van der Waals surface area contributed by atoms with Crippen molar-refractivity contribution in [3.63, 3.8) is 0 Å². The fourth-order valence-electron chi connectivity index (χ4n) is 2.86. The molecule has 3 rings (SSSR count). The summed E-state index contributed by atoms with van der Waals surface area (Å²) in [6, 6.07) is 1.72. The molecule has 0 aliphatic heterocycles. The Morgan fingerprint density at radius 3 is 2.69 bits per heavy atom. The molecule has 3 heterocycles. The van der Waals surface area contributed by atoms with Crippen molar-refractivity contribution >= 4 is 67.4 Å². The molecule has 0 aromatic carbocycles. The minimum Gasteiger partial charge on any atom is -0.462 e. The molecule has 0 saturated heterocycles. The van der Waals surface area contributed by atoms with Crippen molar-refractivity contribution in [1.82, 2.24) is 14.5 Å². The lowest BCUT2D eigenvalue weighted by Crippen LogP contribution is -2.21. The molecular weight excluding hydrogens is 472 g/mol. The second-order valence-corrected chi connectivity index (χ2v) is 9.77. The average molecular weight is 495 g/mol. The van der Waals surface area contributed by atoms with E-state index in [0.717, 1.165) is 23.1 Å². The number of thioether (sulfide) groups is 1. The van der Waals surface area contributed by atoms with Crippen LogP contribution in [0, 0.1) is 6.92 Å². The molecule has 32 heavy (non-hydrogen) atoms. The van der Waals surface area contributed by atoms with E-state index >= 15 is 0 Å². The predicted octanol–water partition coefficient (Wildman–Crippen LogP) is 2.97. The minimum absolute atomic E-state index is 0.0344. The number of carbonyl (C=O) groups is 3. The topological polar surface area (TPSA) is 111 Å². The van der Waals surface area contributed by atoms with Crippen molar-refractivity contribution in [2.75, 3.05) is 31.8 Å². The highest BCUT2D eigenvalue weighted by atomic mass is 32.2. The van der Waals surface area contributed by atoms with Gasteiger partial charge in [0, 0.05) is 21.1 Å². The number of hydrogen-bond acceptors (Lipinski definition) is 9. The highest BCUT2D eigenvalue weighted by Gasteiger charge is 2.27. The Bertz CT molecular complexity index is 1260. The van der Waals surface area contributed by atoms with E-state index in [1.165, 1.54) is 20.8 Å². The van der Waals surface area contributed by atoms with Crippen LogP contribution < -0.4 is 10.9 Å². The molecule has 0 radical (unpaired) electrons. The zero-order valence-electron chi connectivity index (χ0n) is 18.2. The van der Waals surface area contributed by atoms with Gasteiger partial charge in [-0.25, -0.2) is 9.78 Å². The lowest BCUT2D eigenvalue weighted by Gasteiger charge is -2.09. The van der Waals surface area contributed by atoms with Gasteiger partial charge in [0.25, 0.3) is 11.5 Å². The number of fused-ring (bicyclic) bond motifs is 1. The van der Waals surface area contributed by atoms with Crippen LogP contribution in [-0.2, 0) is 16.6 Å². The summed E-state index contributed by atoms with van der Waals surface area (Å²) in [4.78, 5) is 56.9. The standard InChI is InChI=1S/C20H22N4O5S3/c1-6-29-19(28)13-10(2)14(18(27)23(3)4)32-16(13)21-12(25)9-31-20-22-15-11(7-8-30-15)17(26)24(20)5/h7-8H,6,9H2,1-5H3,(H,21,25). The second-order valence-electron chi connectivity index (χ2n) is 6.92. The number of aromatic nitrogens is 2. The summed E-state index contributed by atoms with van der Waals surface area (Å²) >= 11 is 3.50. The van der Waals surface area contributed by atoms with Gasteiger partial charge < -0.3 is 15.0 Å². The third kappa shape index (κ3) is 4.71. The minimum atomic E-state index is -0.603. The zero-order chi connectivity index (χ0) is 23.6. The number of hydrogen-bond donors (Lipinski definition) is 1. The van der Waals surface area contributed by atoms with Crippen LogP contribution in [0.3, 0.4) is 0 Å². The molecule has 0 unspecified atom stereocenters. The van der Waals surface area contributed by atoms with Crippen molar-refractivity contribution in [2.45, 2.75) is 19.0 Å². The highest BCUT2D eigenvalue weighted by molar-refractivity contribution is 7.99. The summed E-state index contributed by atoms with van der Waals surface area (Å²) in [5.41, 5.74) is 0.456. The first kappa shape index (κ1) is 24.0. The largest absolute Gasteiger partial charge is 0.462 e. The van der Waals surface area contributed by atoms with Gasteiger partial charge in [-0.05, 0) is 30.9 Å². The molecule has 0 aliphatic carbocycles. The summed E-state index contributed by atoms with van der Waals surface area (Å²) in [5, 5.41) is 5.72. The van der Waals surface area contributed by atoms with Crippen molar-refractivity contribution < 1.29 is 19.1 Å². The predicted molar refractivity (Wildman–Crippen MR) is 127 cm³/mol. The van der Waals surface area contributed by atoms with E-state index in [0.29, 0.717) is 25.8 Å². The van der Waals surface area contributed by atoms with Crippen LogP contribution in [0.1, 0.15) is 32.5 Å². The highest BCUT2D eigenvalue weighted by Crippen LogP contribution is 2.34. The van der Waals surface area contributed by atoms with E-state index in [9.17, 15) is 19.2 Å². The Hall–Kier alpha value is -2.70. The van der Waals surface area contributed by atoms with E-state index in [4.69, 9.17) is 4.74 Å². The van der Waals surface area contributed by atoms with Crippen LogP contribution in [0.2, 0.25) is 0 Å². The molecule has 170 valence electrons. The molecule has 12 heteroatoms. The lowest BCUT2D eigenvalue weighted by molar-refractivity contribution is -0.113. The van der Waals surface area contributed by atoms with Gasteiger partial charge in [-0.2, -0.15) is 0 Å². The lowest BCUT2D eigenvalue weighted by atomic mass is 10.1. The molecule has 1 N–H and O–H groups in total. The van der Waals surface area contributed by atoms with Crippen LogP contribution in [0.4, 0.5) is 5.00 Å². The first-order valence-electron chi connectivity index (χ1n) is 9.54. The fraction of sp³-hybridized carbons (Fsp3) is 0.350. The summed E-state index contributed by atoms with van der Waals surface area (Å²) < 4.78 is 6.52. The summed E-state index contributed by atoms with van der Waals surface area (Å²) in [7, 11) is 4.83. The maximum absolute atomic E-state index is 12.7. The van der Waals surface area contributed by atoms with Gasteiger partial charge in [0.15, 0.2) is 5.16 Å². The van der Waals surface area contributed by atoms with Gasteiger partial charge in [-0.1, -0.05) is 11.8 Å². The smallest absolute Gasteiger partial charge is 0.341 e. The number of esters is 1. The molecule has 2 amide bonds. The van der Waals surface area contributed by atoms with E-state index in [1.54, 1.807) is 46.4 Å². The second kappa shape index (κ2) is 9.84. The van der Waals surface area contributed by atoms with Crippen molar-refractivity contribution in [3.05, 3.63) is 37.8 Å². The Labute approximate surface area is 196 Å². The first-order valence-corrected chi connectivity index (χ1v) is 12.2. The molecule has 3 aromatic rings. The number of carbonyl (C=O) groups excluding carboxylic acids is 3. The Morgan fingerprint density at radius 2 is 2.03 bits per heavy atom. The number of nitrogens with zero attached hydrogens (tertiary/aromatic N) is 3. The van der Waals surface area contributed by atoms with Gasteiger partial charge in [0.05, 0.1) is 28.2 Å². The maximum atomic E-state index is 12.7. The monoisotopic (exact) mass is 494 g/mol. The summed E-state index contributed by atoms with van der Waals surface area (Å²) in [5.74, 6) is -1.30. The molecule has 0 fully saturated rings. The van der Waals surface area contributed by atoms with Crippen LogP contribution in [0.5, 0.6) is 0 Å². The van der Waals surface area contributed by atoms with Crippen LogP contribution in [0.25, 0.3) is 10.2 Å². The molecule has 0 spiro atoms. The van der Waals surface area contributed by atoms with E-state index in [-0.39, 0.29) is 34.4 Å². The molecule has 9 nitrogen and oxygen atoms in total. The van der Waals surface area contributed by atoms with Gasteiger partial charge in [0.1, 0.15) is 9.83 Å². The quantitative estimate of drug-likeness (QED) is 0.305. The normalized spacial score (nSPS) is 10.9. The molecular formula is C20H22N4O5S3. The Balaban J connectivity index is 1.83. The number of rotatable bonds is 7. The van der Waals surface area contributed by atoms with Crippen LogP contribution in [-0.4, -0.2) is 58.7 Å². The van der Waals surface area contributed by atoms with E-state index in [1.807, 2.05) is 0 Å². The van der Waals surface area contributed by atoms with Crippen molar-refractivity contribution in [3.8, 4) is 0 Å². The first-order chi connectivity index (χ1) is 15.1. The fourth-order valence-corrected chi connectivity index (χ4v) is 5.67. The van der Waals surface area contributed by atoms with E-state index < -0.39 is 11.9 Å². The average Bonchev–Trinajstić information content (AvgIpc) is 3.33. The molecule has 0 atom stereocenters.